The Morgan fingerprint density at radius 2 is 2.35 bits per heavy atom. The van der Waals surface area contributed by atoms with Crippen LogP contribution < -0.4 is 10.7 Å². The van der Waals surface area contributed by atoms with Crippen LogP contribution in [0.15, 0.2) is 17.2 Å². The predicted molar refractivity (Wildman–Crippen MR) is 92.2 cm³/mol. The zero-order chi connectivity index (χ0) is 17.2. The van der Waals surface area contributed by atoms with Crippen LogP contribution in [0.1, 0.15) is 18.9 Å². The standard InChI is InChI=1S/C13H17ClN4O4S/c1-2-22-5-3-4-15-13(23)17-16-8-9-6-10(14)7-11(12(9)19)18(20)21/h6-8,19H,2-5H2,1H3,(H2,15,17,23)/b16-8-. The Balaban J connectivity index is 2.55. The highest BCUT2D eigenvalue weighted by Gasteiger charge is 2.17. The number of hydrogen-bond donors (Lipinski definition) is 3. The number of phenolic OH excluding ortho intramolecular Hbond substituents is 1. The van der Waals surface area contributed by atoms with Gasteiger partial charge in [-0.1, -0.05) is 11.6 Å². The smallest absolute Gasteiger partial charge is 0.312 e. The Morgan fingerprint density at radius 3 is 3.00 bits per heavy atom. The van der Waals surface area contributed by atoms with Crippen molar-refractivity contribution in [2.75, 3.05) is 19.8 Å². The second-order valence-electron chi connectivity index (χ2n) is 4.30. The molecule has 0 aliphatic heterocycles. The number of nitrogens with one attached hydrogen (secondary N) is 2. The van der Waals surface area contributed by atoms with Crippen LogP contribution in [0.3, 0.4) is 0 Å². The highest BCUT2D eigenvalue weighted by molar-refractivity contribution is 7.80. The zero-order valence-electron chi connectivity index (χ0n) is 12.4. The highest BCUT2D eigenvalue weighted by Crippen LogP contribution is 2.32. The summed E-state index contributed by atoms with van der Waals surface area (Å²) < 4.78 is 5.18. The first-order chi connectivity index (χ1) is 11.0. The van der Waals surface area contributed by atoms with E-state index in [-0.39, 0.29) is 15.7 Å². The average Bonchev–Trinajstić information content (AvgIpc) is 2.49. The molecule has 0 saturated carbocycles. The minimum Gasteiger partial charge on any atom is -0.502 e. The van der Waals surface area contributed by atoms with E-state index < -0.39 is 16.4 Å². The van der Waals surface area contributed by atoms with Gasteiger partial charge in [0.05, 0.1) is 11.1 Å². The van der Waals surface area contributed by atoms with Crippen molar-refractivity contribution in [3.63, 3.8) is 0 Å². The Kier molecular flexibility index (Phi) is 8.23. The van der Waals surface area contributed by atoms with Gasteiger partial charge in [0.15, 0.2) is 5.11 Å². The molecule has 8 nitrogen and oxygen atoms in total. The maximum absolute atomic E-state index is 10.8. The van der Waals surface area contributed by atoms with Crippen molar-refractivity contribution in [1.29, 1.82) is 0 Å². The Labute approximate surface area is 143 Å². The summed E-state index contributed by atoms with van der Waals surface area (Å²) in [5, 5.41) is 27.7. The maximum atomic E-state index is 10.8. The van der Waals surface area contributed by atoms with E-state index in [9.17, 15) is 15.2 Å². The van der Waals surface area contributed by atoms with Crippen LogP contribution in [0.2, 0.25) is 5.02 Å². The monoisotopic (exact) mass is 360 g/mol. The van der Waals surface area contributed by atoms with Gasteiger partial charge in [0.1, 0.15) is 0 Å². The van der Waals surface area contributed by atoms with Crippen LogP contribution in [0, 0.1) is 10.1 Å². The van der Waals surface area contributed by atoms with Gasteiger partial charge in [-0.2, -0.15) is 5.10 Å². The summed E-state index contributed by atoms with van der Waals surface area (Å²) in [6, 6.07) is 2.42. The van der Waals surface area contributed by atoms with Gasteiger partial charge >= 0.3 is 5.69 Å². The van der Waals surface area contributed by atoms with Crippen LogP contribution in [-0.2, 0) is 4.74 Å². The van der Waals surface area contributed by atoms with Gasteiger partial charge in [-0.3, -0.25) is 15.5 Å². The van der Waals surface area contributed by atoms with Gasteiger partial charge in [0.2, 0.25) is 5.75 Å². The summed E-state index contributed by atoms with van der Waals surface area (Å²) in [7, 11) is 0. The first kappa shape index (κ1) is 19.1. The molecule has 3 N–H and O–H groups in total. The summed E-state index contributed by atoms with van der Waals surface area (Å²) >= 11 is 10.8. The van der Waals surface area contributed by atoms with Gasteiger partial charge in [0.25, 0.3) is 0 Å². The predicted octanol–water partition coefficient (Wildman–Crippen LogP) is 2.18. The van der Waals surface area contributed by atoms with E-state index in [1.54, 1.807) is 0 Å². The van der Waals surface area contributed by atoms with E-state index in [0.29, 0.717) is 19.8 Å². The third kappa shape index (κ3) is 6.76. The Hall–Kier alpha value is -1.97. The van der Waals surface area contributed by atoms with Crippen LogP contribution in [0.5, 0.6) is 5.75 Å². The molecule has 0 unspecified atom stereocenters. The second kappa shape index (κ2) is 9.93. The second-order valence-corrected chi connectivity index (χ2v) is 5.14. The Morgan fingerprint density at radius 1 is 1.61 bits per heavy atom. The fourth-order valence-electron chi connectivity index (χ4n) is 1.56. The summed E-state index contributed by atoms with van der Waals surface area (Å²) in [6.07, 6.45) is 1.99. The van der Waals surface area contributed by atoms with Crippen molar-refractivity contribution in [1.82, 2.24) is 10.7 Å². The molecule has 1 aromatic rings. The number of hydrogen-bond acceptors (Lipinski definition) is 6. The maximum Gasteiger partial charge on any atom is 0.312 e. The van der Waals surface area contributed by atoms with Crippen LogP contribution in [0.25, 0.3) is 0 Å². The number of phenols is 1. The summed E-state index contributed by atoms with van der Waals surface area (Å²) in [4.78, 5) is 10.1. The lowest BCUT2D eigenvalue weighted by atomic mass is 10.2. The number of nitro benzene ring substituents is 1. The number of halogens is 1. The van der Waals surface area contributed by atoms with E-state index in [1.165, 1.54) is 12.3 Å². The lowest BCUT2D eigenvalue weighted by molar-refractivity contribution is -0.385. The van der Waals surface area contributed by atoms with Crippen LogP contribution >= 0.6 is 23.8 Å². The minimum atomic E-state index is -0.726. The molecule has 23 heavy (non-hydrogen) atoms. The first-order valence-corrected chi connectivity index (χ1v) is 7.55. The van der Waals surface area contributed by atoms with E-state index >= 15 is 0 Å². The molecule has 0 aliphatic rings. The molecule has 0 fully saturated rings. The molecule has 1 aromatic carbocycles. The number of ether oxygens (including phenoxy) is 1. The van der Waals surface area contributed by atoms with Crippen molar-refractivity contribution in [2.45, 2.75) is 13.3 Å². The van der Waals surface area contributed by atoms with Gasteiger partial charge < -0.3 is 15.2 Å². The normalized spacial score (nSPS) is 10.7. The fraction of sp³-hybridized carbons (Fsp3) is 0.385. The molecular formula is C13H17ClN4O4S. The van der Waals surface area contributed by atoms with Gasteiger partial charge in [-0.25, -0.2) is 0 Å². The number of aromatic hydroxyl groups is 1. The van der Waals surface area contributed by atoms with Gasteiger partial charge in [-0.05, 0) is 31.6 Å². The topological polar surface area (TPSA) is 109 Å². The largest absolute Gasteiger partial charge is 0.502 e. The van der Waals surface area contributed by atoms with Crippen molar-refractivity contribution >= 4 is 40.8 Å². The number of nitro groups is 1. The van der Waals surface area contributed by atoms with Crippen molar-refractivity contribution in [3.8, 4) is 5.75 Å². The molecule has 0 saturated heterocycles. The van der Waals surface area contributed by atoms with Gasteiger partial charge in [-0.15, -0.1) is 0 Å². The van der Waals surface area contributed by atoms with E-state index in [2.05, 4.69) is 15.8 Å². The quantitative estimate of drug-likeness (QED) is 0.214. The summed E-state index contributed by atoms with van der Waals surface area (Å²) in [5.74, 6) is -0.513. The molecule has 126 valence electrons. The lowest BCUT2D eigenvalue weighted by Gasteiger charge is -2.07. The van der Waals surface area contributed by atoms with E-state index in [1.807, 2.05) is 6.92 Å². The molecule has 1 rings (SSSR count). The van der Waals surface area contributed by atoms with E-state index in [4.69, 9.17) is 28.6 Å². The number of thiocarbonyl (C=S) groups is 1. The first-order valence-electron chi connectivity index (χ1n) is 6.77. The molecule has 0 aromatic heterocycles. The number of rotatable bonds is 8. The van der Waals surface area contributed by atoms with Crippen molar-refractivity contribution in [3.05, 3.63) is 32.8 Å². The molecule has 0 aliphatic carbocycles. The summed E-state index contributed by atoms with van der Waals surface area (Å²) in [6.45, 7) is 3.84. The van der Waals surface area contributed by atoms with Crippen molar-refractivity contribution in [2.24, 2.45) is 5.10 Å². The molecule has 0 atom stereocenters. The number of hydrazone groups is 1. The molecule has 0 amide bonds. The van der Waals surface area contributed by atoms with Crippen LogP contribution in [0.4, 0.5) is 5.69 Å². The minimum absolute atomic E-state index is 0.107. The molecule has 0 heterocycles. The third-order valence-corrected chi connectivity index (χ3v) is 3.06. The molecule has 0 bridgehead atoms. The fourth-order valence-corrected chi connectivity index (χ4v) is 1.94. The van der Waals surface area contributed by atoms with Crippen molar-refractivity contribution < 1.29 is 14.8 Å². The molecule has 10 heteroatoms. The SMILES string of the molecule is CCOCCCNC(=S)N/N=C\c1cc(Cl)cc([N+](=O)[O-])c1O. The molecular weight excluding hydrogens is 344 g/mol. The van der Waals surface area contributed by atoms with E-state index in [0.717, 1.165) is 12.5 Å². The molecule has 0 spiro atoms. The molecule has 0 radical (unpaired) electrons. The number of benzene rings is 1. The van der Waals surface area contributed by atoms with Gasteiger partial charge in [0, 0.05) is 36.4 Å². The third-order valence-electron chi connectivity index (χ3n) is 2.61. The Bertz CT molecular complexity index is 598. The van der Waals surface area contributed by atoms with Crippen LogP contribution in [-0.4, -0.2) is 41.1 Å². The summed E-state index contributed by atoms with van der Waals surface area (Å²) in [5.41, 5.74) is 2.16. The zero-order valence-corrected chi connectivity index (χ0v) is 14.0. The average molecular weight is 361 g/mol. The lowest BCUT2D eigenvalue weighted by Crippen LogP contribution is -2.33. The highest BCUT2D eigenvalue weighted by atomic mass is 35.5. The number of nitrogens with zero attached hydrogens (tertiary/aromatic N) is 2.